The maximum absolute atomic E-state index is 12.9. The lowest BCUT2D eigenvalue weighted by atomic mass is 10.0. The van der Waals surface area contributed by atoms with E-state index in [1.54, 1.807) is 0 Å². The average Bonchev–Trinajstić information content (AvgIpc) is 3.56. The molecule has 0 aromatic carbocycles. The van der Waals surface area contributed by atoms with Crippen molar-refractivity contribution in [2.45, 2.75) is 264 Å². The van der Waals surface area contributed by atoms with Crippen LogP contribution in [0.1, 0.15) is 258 Å². The van der Waals surface area contributed by atoms with Crippen LogP contribution in [0.25, 0.3) is 0 Å². The molecule has 86 heavy (non-hydrogen) atoms. The standard InChI is InChI=1S/C76H126NO8P/c1-6-8-10-12-14-16-18-20-22-24-26-28-30-31-32-33-34-35-36-37-38-39-40-41-42-43-44-45-47-49-51-53-55-57-59-61-63-65-67-69-76(79)85-74(73-84-86(80,81)83-71-70-77(3,4)5)72-82-75(78)68-66-64-62-60-58-56-54-52-50-48-46-29-27-25-23-21-19-17-15-13-11-9-7-2/h8-11,14-17,20-23,26-29,31-32,34-35,37-38,48,50,54,56,74H,6-7,12-13,18-19,24-25,30,33,36,39-47,49,51-53,55,57-73H2,1-5H3/b10-8-,11-9-,16-14-,17-15-,22-20-,23-21-,28-26-,29-27-,32-31-,35-34-,38-37-,50-48-,56-54-. The molecule has 0 aliphatic rings. The first kappa shape index (κ1) is 81.6. The molecule has 0 amide bonds. The highest BCUT2D eigenvalue weighted by molar-refractivity contribution is 7.45. The Morgan fingerprint density at radius 1 is 0.360 bits per heavy atom. The quantitative estimate of drug-likeness (QED) is 0.0195. The van der Waals surface area contributed by atoms with Crippen molar-refractivity contribution in [3.8, 4) is 0 Å². The number of quaternary nitrogens is 1. The second kappa shape index (κ2) is 65.1. The van der Waals surface area contributed by atoms with Crippen molar-refractivity contribution in [2.24, 2.45) is 0 Å². The third-order valence-corrected chi connectivity index (χ3v) is 15.0. The summed E-state index contributed by atoms with van der Waals surface area (Å²) in [6, 6.07) is 0. The minimum absolute atomic E-state index is 0.0422. The van der Waals surface area contributed by atoms with Gasteiger partial charge in [0.05, 0.1) is 27.7 Å². The van der Waals surface area contributed by atoms with E-state index in [0.29, 0.717) is 23.9 Å². The lowest BCUT2D eigenvalue weighted by Gasteiger charge is -2.28. The summed E-state index contributed by atoms with van der Waals surface area (Å²) in [6.45, 7) is 3.98. The number of hydrogen-bond donors (Lipinski definition) is 0. The molecule has 0 rings (SSSR count). The summed E-state index contributed by atoms with van der Waals surface area (Å²) in [7, 11) is 1.14. The van der Waals surface area contributed by atoms with Crippen LogP contribution in [0.2, 0.25) is 0 Å². The number of phosphoric acid groups is 1. The molecule has 0 radical (unpaired) electrons. The summed E-state index contributed by atoms with van der Waals surface area (Å²) >= 11 is 0. The highest BCUT2D eigenvalue weighted by atomic mass is 31.2. The fraction of sp³-hybridized carbons (Fsp3) is 0.632. The van der Waals surface area contributed by atoms with Crippen LogP contribution in [0.4, 0.5) is 0 Å². The number of phosphoric ester groups is 1. The van der Waals surface area contributed by atoms with Gasteiger partial charge in [0.2, 0.25) is 0 Å². The molecule has 0 spiro atoms. The summed E-state index contributed by atoms with van der Waals surface area (Å²) < 4.78 is 34.2. The third kappa shape index (κ3) is 68.7. The number of carbonyl (C=O) groups is 2. The first-order valence-electron chi connectivity index (χ1n) is 34.2. The molecule has 0 saturated carbocycles. The number of unbranched alkanes of at least 4 members (excludes halogenated alkanes) is 21. The minimum atomic E-state index is -4.66. The summed E-state index contributed by atoms with van der Waals surface area (Å²) in [5.41, 5.74) is 0. The van der Waals surface area contributed by atoms with Gasteiger partial charge in [-0.15, -0.1) is 0 Å². The monoisotopic (exact) mass is 1210 g/mol. The largest absolute Gasteiger partial charge is 0.756 e. The van der Waals surface area contributed by atoms with Gasteiger partial charge in [0.15, 0.2) is 6.10 Å². The number of allylic oxidation sites excluding steroid dienone is 26. The maximum atomic E-state index is 12.9. The fourth-order valence-corrected chi connectivity index (χ4v) is 9.60. The normalized spacial score (nSPS) is 14.2. The van der Waals surface area contributed by atoms with Crippen LogP contribution in [0, 0.1) is 0 Å². The van der Waals surface area contributed by atoms with Crippen LogP contribution in [0.15, 0.2) is 158 Å². The molecule has 0 aliphatic carbocycles. The predicted molar refractivity (Wildman–Crippen MR) is 369 cm³/mol. The number of hydrogen-bond acceptors (Lipinski definition) is 8. The Kier molecular flexibility index (Phi) is 61.8. The van der Waals surface area contributed by atoms with Gasteiger partial charge in [0.25, 0.3) is 7.82 Å². The lowest BCUT2D eigenvalue weighted by molar-refractivity contribution is -0.870. The SMILES string of the molecule is CC/C=C\C/C=C\C/C=C\C/C=C\C/C=C\C/C=C\C/C=C\CCCCCCCCCCCCCCCCCCCC(=O)OC(COC(=O)CCCCCC/C=C\C/C=C\C/C=C\C/C=C\C/C=C\C/C=C\CC)COP(=O)([O-])OCC[N+](C)(C)C. The number of likely N-dealkylation sites (N-methyl/N-ethyl adjacent to an activating group) is 1. The molecule has 0 N–H and O–H groups in total. The molecular formula is C76H126NO8P. The molecule has 2 atom stereocenters. The zero-order chi connectivity index (χ0) is 62.6. The van der Waals surface area contributed by atoms with Crippen molar-refractivity contribution in [3.05, 3.63) is 158 Å². The zero-order valence-electron chi connectivity index (χ0n) is 55.4. The molecule has 0 aromatic rings. The Labute approximate surface area is 528 Å². The number of rotatable bonds is 61. The van der Waals surface area contributed by atoms with Gasteiger partial charge in [-0.2, -0.15) is 0 Å². The first-order chi connectivity index (χ1) is 42.0. The molecule has 0 aliphatic heterocycles. The second-order valence-corrected chi connectivity index (χ2v) is 24.8. The number of esters is 2. The van der Waals surface area contributed by atoms with Gasteiger partial charge in [-0.25, -0.2) is 0 Å². The summed E-state index contributed by atoms with van der Waals surface area (Å²) in [4.78, 5) is 38.0. The highest BCUT2D eigenvalue weighted by Gasteiger charge is 2.22. The van der Waals surface area contributed by atoms with Gasteiger partial charge in [-0.05, 0) is 122 Å². The number of carbonyl (C=O) groups excluding carboxylic acids is 2. The van der Waals surface area contributed by atoms with Crippen LogP contribution >= 0.6 is 7.82 Å². The molecule has 0 fully saturated rings. The topological polar surface area (TPSA) is 111 Å². The second-order valence-electron chi connectivity index (χ2n) is 23.4. The molecule has 0 heterocycles. The van der Waals surface area contributed by atoms with Gasteiger partial charge < -0.3 is 27.9 Å². The molecule has 2 unspecified atom stereocenters. The minimum Gasteiger partial charge on any atom is -0.756 e. The van der Waals surface area contributed by atoms with Crippen molar-refractivity contribution in [1.29, 1.82) is 0 Å². The average molecular weight is 1210 g/mol. The van der Waals surface area contributed by atoms with Gasteiger partial charge >= 0.3 is 11.9 Å². The van der Waals surface area contributed by atoms with E-state index in [1.165, 1.54) is 89.9 Å². The zero-order valence-corrected chi connectivity index (χ0v) is 56.3. The molecule has 0 saturated heterocycles. The Morgan fingerprint density at radius 2 is 0.628 bits per heavy atom. The van der Waals surface area contributed by atoms with Crippen LogP contribution in [-0.2, 0) is 32.7 Å². The predicted octanol–water partition coefficient (Wildman–Crippen LogP) is 21.7. The van der Waals surface area contributed by atoms with E-state index in [2.05, 4.69) is 172 Å². The van der Waals surface area contributed by atoms with Gasteiger partial charge in [-0.1, -0.05) is 281 Å². The molecule has 0 bridgehead atoms. The van der Waals surface area contributed by atoms with E-state index < -0.39 is 32.5 Å². The smallest absolute Gasteiger partial charge is 0.306 e. The number of ether oxygens (including phenoxy) is 2. The van der Waals surface area contributed by atoms with Crippen molar-refractivity contribution in [3.63, 3.8) is 0 Å². The molecule has 0 aromatic heterocycles. The van der Waals surface area contributed by atoms with Gasteiger partial charge in [0.1, 0.15) is 19.8 Å². The van der Waals surface area contributed by atoms with E-state index in [-0.39, 0.29) is 26.1 Å². The maximum Gasteiger partial charge on any atom is 0.306 e. The molecule has 488 valence electrons. The van der Waals surface area contributed by atoms with E-state index in [0.717, 1.165) is 128 Å². The van der Waals surface area contributed by atoms with Crippen LogP contribution < -0.4 is 4.89 Å². The Hall–Kier alpha value is -4.37. The summed E-state index contributed by atoms with van der Waals surface area (Å²) in [5.74, 6) is -0.867. The van der Waals surface area contributed by atoms with Crippen molar-refractivity contribution >= 4 is 19.8 Å². The molecule has 9 nitrogen and oxygen atoms in total. The van der Waals surface area contributed by atoms with Crippen molar-refractivity contribution in [1.82, 2.24) is 0 Å². The Bertz CT molecular complexity index is 2010. The molecular weight excluding hydrogens is 1090 g/mol. The van der Waals surface area contributed by atoms with Gasteiger partial charge in [-0.3, -0.25) is 14.2 Å². The van der Waals surface area contributed by atoms with Crippen molar-refractivity contribution < 1.29 is 42.1 Å². The third-order valence-electron chi connectivity index (χ3n) is 14.0. The molecule has 10 heteroatoms. The summed E-state index contributed by atoms with van der Waals surface area (Å²) in [6.07, 6.45) is 97.5. The summed E-state index contributed by atoms with van der Waals surface area (Å²) in [5, 5.41) is 0. The van der Waals surface area contributed by atoms with Crippen LogP contribution in [-0.4, -0.2) is 70.0 Å². The number of nitrogens with zero attached hydrogens (tertiary/aromatic N) is 1. The van der Waals surface area contributed by atoms with Crippen LogP contribution in [0.5, 0.6) is 0 Å². The lowest BCUT2D eigenvalue weighted by Crippen LogP contribution is -2.37. The van der Waals surface area contributed by atoms with E-state index in [9.17, 15) is 19.0 Å². The van der Waals surface area contributed by atoms with Gasteiger partial charge in [0, 0.05) is 12.8 Å². The first-order valence-corrected chi connectivity index (χ1v) is 35.7. The van der Waals surface area contributed by atoms with E-state index >= 15 is 0 Å². The van der Waals surface area contributed by atoms with E-state index in [4.69, 9.17) is 18.5 Å². The van der Waals surface area contributed by atoms with Crippen LogP contribution in [0.3, 0.4) is 0 Å². The Balaban J connectivity index is 4.08. The fourth-order valence-electron chi connectivity index (χ4n) is 8.88. The van der Waals surface area contributed by atoms with Crippen molar-refractivity contribution in [2.75, 3.05) is 47.5 Å². The Morgan fingerprint density at radius 3 is 0.930 bits per heavy atom. The van der Waals surface area contributed by atoms with E-state index in [1.807, 2.05) is 21.1 Å². The highest BCUT2D eigenvalue weighted by Crippen LogP contribution is 2.38.